The molecule has 1 saturated carbocycles. The molecule has 0 saturated heterocycles. The van der Waals surface area contributed by atoms with E-state index in [-0.39, 0.29) is 0 Å². The van der Waals surface area contributed by atoms with E-state index in [1.165, 1.54) is 50.0 Å². The summed E-state index contributed by atoms with van der Waals surface area (Å²) in [5.41, 5.74) is 10.3. The van der Waals surface area contributed by atoms with E-state index in [0.29, 0.717) is 0 Å². The Balaban J connectivity index is 1.74. The van der Waals surface area contributed by atoms with Gasteiger partial charge in [0.2, 0.25) is 0 Å². The Morgan fingerprint density at radius 2 is 2.17 bits per heavy atom. The number of aryl methyl sites for hydroxylation is 1. The lowest BCUT2D eigenvalue weighted by molar-refractivity contribution is 0.319. The molecule has 1 aromatic rings. The van der Waals surface area contributed by atoms with Gasteiger partial charge in [-0.05, 0) is 61.8 Å². The van der Waals surface area contributed by atoms with Crippen molar-refractivity contribution in [2.24, 2.45) is 11.7 Å². The molecular weight excluding hydrogens is 220 g/mol. The van der Waals surface area contributed by atoms with E-state index >= 15 is 0 Å². The number of fused-ring (bicyclic) bond motifs is 1. The zero-order chi connectivity index (χ0) is 12.4. The summed E-state index contributed by atoms with van der Waals surface area (Å²) in [6.07, 6.45) is 7.83. The summed E-state index contributed by atoms with van der Waals surface area (Å²) in [7, 11) is 0. The molecule has 18 heavy (non-hydrogen) atoms. The fourth-order valence-corrected chi connectivity index (χ4v) is 3.28. The van der Waals surface area contributed by atoms with Crippen molar-refractivity contribution in [1.82, 2.24) is 0 Å². The SMILES string of the molecule is NCCCc1cccc2c1CCN2CC1CCC1. The van der Waals surface area contributed by atoms with Gasteiger partial charge in [0.05, 0.1) is 0 Å². The average molecular weight is 244 g/mol. The molecule has 0 radical (unpaired) electrons. The third-order valence-corrected chi connectivity index (χ3v) is 4.57. The normalized spacial score (nSPS) is 18.8. The molecule has 1 heterocycles. The molecule has 3 rings (SSSR count). The molecule has 2 heteroatoms. The molecule has 1 aliphatic heterocycles. The molecule has 2 nitrogen and oxygen atoms in total. The Bertz CT molecular complexity index is 410. The maximum atomic E-state index is 5.63. The first kappa shape index (κ1) is 12.0. The van der Waals surface area contributed by atoms with E-state index in [0.717, 1.165) is 25.3 Å². The zero-order valence-electron chi connectivity index (χ0n) is 11.2. The number of nitrogens with zero attached hydrogens (tertiary/aromatic N) is 1. The second-order valence-electron chi connectivity index (χ2n) is 5.80. The van der Waals surface area contributed by atoms with Crippen molar-refractivity contribution >= 4 is 5.69 Å². The molecular formula is C16H24N2. The van der Waals surface area contributed by atoms with Gasteiger partial charge < -0.3 is 10.6 Å². The second kappa shape index (κ2) is 5.31. The Hall–Kier alpha value is -1.02. The quantitative estimate of drug-likeness (QED) is 0.863. The van der Waals surface area contributed by atoms with E-state index in [1.807, 2.05) is 0 Å². The van der Waals surface area contributed by atoms with Crippen LogP contribution in [0.4, 0.5) is 5.69 Å². The third kappa shape index (κ3) is 2.26. The number of hydrogen-bond donors (Lipinski definition) is 1. The highest BCUT2D eigenvalue weighted by Gasteiger charge is 2.26. The lowest BCUT2D eigenvalue weighted by Gasteiger charge is -2.31. The highest BCUT2D eigenvalue weighted by molar-refractivity contribution is 5.61. The summed E-state index contributed by atoms with van der Waals surface area (Å²) in [6, 6.07) is 6.83. The van der Waals surface area contributed by atoms with Crippen LogP contribution in [0.15, 0.2) is 18.2 Å². The standard InChI is InChI=1S/C16H24N2/c17-10-3-7-14-6-2-8-16-15(14)9-11-18(16)12-13-4-1-5-13/h2,6,8,13H,1,3-5,7,9-12,17H2. The minimum atomic E-state index is 0.801. The van der Waals surface area contributed by atoms with Crippen LogP contribution in [0.1, 0.15) is 36.8 Å². The Morgan fingerprint density at radius 3 is 2.89 bits per heavy atom. The second-order valence-corrected chi connectivity index (χ2v) is 5.80. The molecule has 1 aromatic carbocycles. The van der Waals surface area contributed by atoms with Crippen LogP contribution in [0.5, 0.6) is 0 Å². The van der Waals surface area contributed by atoms with Gasteiger partial charge in [-0.2, -0.15) is 0 Å². The number of nitrogens with two attached hydrogens (primary N) is 1. The van der Waals surface area contributed by atoms with Crippen molar-refractivity contribution in [3.63, 3.8) is 0 Å². The molecule has 0 atom stereocenters. The van der Waals surface area contributed by atoms with Crippen LogP contribution in [-0.4, -0.2) is 19.6 Å². The molecule has 0 aromatic heterocycles. The largest absolute Gasteiger partial charge is 0.371 e. The van der Waals surface area contributed by atoms with Crippen LogP contribution < -0.4 is 10.6 Å². The number of anilines is 1. The predicted molar refractivity (Wildman–Crippen MR) is 77.1 cm³/mol. The van der Waals surface area contributed by atoms with Crippen molar-refractivity contribution in [2.75, 3.05) is 24.5 Å². The third-order valence-electron chi connectivity index (χ3n) is 4.57. The van der Waals surface area contributed by atoms with Crippen molar-refractivity contribution in [3.05, 3.63) is 29.3 Å². The summed E-state index contributed by atoms with van der Waals surface area (Å²) in [4.78, 5) is 2.62. The van der Waals surface area contributed by atoms with Crippen LogP contribution in [0.25, 0.3) is 0 Å². The topological polar surface area (TPSA) is 29.3 Å². The minimum absolute atomic E-state index is 0.801. The van der Waals surface area contributed by atoms with E-state index in [2.05, 4.69) is 23.1 Å². The van der Waals surface area contributed by atoms with Crippen LogP contribution in [0.2, 0.25) is 0 Å². The molecule has 0 bridgehead atoms. The lowest BCUT2D eigenvalue weighted by atomic mass is 9.85. The van der Waals surface area contributed by atoms with Gasteiger partial charge in [0, 0.05) is 18.8 Å². The summed E-state index contributed by atoms with van der Waals surface area (Å²) in [5, 5.41) is 0. The van der Waals surface area contributed by atoms with Gasteiger partial charge in [0.1, 0.15) is 0 Å². The fraction of sp³-hybridized carbons (Fsp3) is 0.625. The smallest absolute Gasteiger partial charge is 0.0402 e. The molecule has 0 amide bonds. The average Bonchev–Trinajstić information content (AvgIpc) is 2.75. The monoisotopic (exact) mass is 244 g/mol. The van der Waals surface area contributed by atoms with Gasteiger partial charge in [0.25, 0.3) is 0 Å². The first-order valence-corrected chi connectivity index (χ1v) is 7.44. The first-order chi connectivity index (χ1) is 8.88. The first-order valence-electron chi connectivity index (χ1n) is 7.44. The predicted octanol–water partition coefficient (Wildman–Crippen LogP) is 2.74. The summed E-state index contributed by atoms with van der Waals surface area (Å²) < 4.78 is 0. The van der Waals surface area contributed by atoms with Crippen LogP contribution in [-0.2, 0) is 12.8 Å². The van der Waals surface area contributed by atoms with Gasteiger partial charge in [0.15, 0.2) is 0 Å². The Morgan fingerprint density at radius 1 is 1.28 bits per heavy atom. The van der Waals surface area contributed by atoms with Crippen molar-refractivity contribution < 1.29 is 0 Å². The Labute approximate surface area is 110 Å². The van der Waals surface area contributed by atoms with Gasteiger partial charge in [-0.15, -0.1) is 0 Å². The van der Waals surface area contributed by atoms with Crippen molar-refractivity contribution in [2.45, 2.75) is 38.5 Å². The fourth-order valence-electron chi connectivity index (χ4n) is 3.28. The van der Waals surface area contributed by atoms with Crippen molar-refractivity contribution in [3.8, 4) is 0 Å². The molecule has 1 aliphatic carbocycles. The van der Waals surface area contributed by atoms with Crippen molar-refractivity contribution in [1.29, 1.82) is 0 Å². The van der Waals surface area contributed by atoms with Gasteiger partial charge in [-0.25, -0.2) is 0 Å². The maximum Gasteiger partial charge on any atom is 0.0402 e. The van der Waals surface area contributed by atoms with E-state index in [9.17, 15) is 0 Å². The van der Waals surface area contributed by atoms with Gasteiger partial charge in [-0.3, -0.25) is 0 Å². The molecule has 2 N–H and O–H groups in total. The highest BCUT2D eigenvalue weighted by Crippen LogP contribution is 2.35. The summed E-state index contributed by atoms with van der Waals surface area (Å²) >= 11 is 0. The minimum Gasteiger partial charge on any atom is -0.371 e. The van der Waals surface area contributed by atoms with E-state index < -0.39 is 0 Å². The number of rotatable bonds is 5. The van der Waals surface area contributed by atoms with Gasteiger partial charge >= 0.3 is 0 Å². The molecule has 0 spiro atoms. The number of benzene rings is 1. The Kier molecular flexibility index (Phi) is 3.55. The summed E-state index contributed by atoms with van der Waals surface area (Å²) in [6.45, 7) is 3.31. The maximum absolute atomic E-state index is 5.63. The van der Waals surface area contributed by atoms with E-state index in [1.54, 1.807) is 5.56 Å². The molecule has 1 fully saturated rings. The molecule has 0 unspecified atom stereocenters. The van der Waals surface area contributed by atoms with Gasteiger partial charge in [-0.1, -0.05) is 18.6 Å². The van der Waals surface area contributed by atoms with Crippen LogP contribution >= 0.6 is 0 Å². The molecule has 98 valence electrons. The van der Waals surface area contributed by atoms with Crippen LogP contribution in [0, 0.1) is 5.92 Å². The molecule has 2 aliphatic rings. The van der Waals surface area contributed by atoms with E-state index in [4.69, 9.17) is 5.73 Å². The zero-order valence-corrected chi connectivity index (χ0v) is 11.2. The lowest BCUT2D eigenvalue weighted by Crippen LogP contribution is -2.31. The highest BCUT2D eigenvalue weighted by atomic mass is 15.1. The van der Waals surface area contributed by atoms with Crippen LogP contribution in [0.3, 0.4) is 0 Å². The number of hydrogen-bond acceptors (Lipinski definition) is 2. The summed E-state index contributed by atoms with van der Waals surface area (Å²) in [5.74, 6) is 0.962.